The average Bonchev–Trinajstić information content (AvgIpc) is 2.37. The maximum absolute atomic E-state index is 6.14. The van der Waals surface area contributed by atoms with Crippen LogP contribution in [-0.2, 0) is 0 Å². The van der Waals surface area contributed by atoms with Gasteiger partial charge in [-0.2, -0.15) is 0 Å². The van der Waals surface area contributed by atoms with Crippen LogP contribution >= 0.6 is 11.6 Å². The van der Waals surface area contributed by atoms with E-state index in [1.54, 1.807) is 0 Å². The maximum atomic E-state index is 6.14. The van der Waals surface area contributed by atoms with Gasteiger partial charge in [0, 0.05) is 37.7 Å². The molecular formula is C13H18ClN3. The third kappa shape index (κ3) is 1.87. The summed E-state index contributed by atoms with van der Waals surface area (Å²) in [6, 6.07) is 6.83. The topological polar surface area (TPSA) is 18.5 Å². The van der Waals surface area contributed by atoms with Crippen molar-refractivity contribution in [2.24, 2.45) is 0 Å². The molecular weight excluding hydrogens is 234 g/mol. The zero-order valence-corrected chi connectivity index (χ0v) is 10.9. The van der Waals surface area contributed by atoms with Crippen LogP contribution < -0.4 is 15.1 Å². The van der Waals surface area contributed by atoms with Crippen molar-refractivity contribution in [3.8, 4) is 0 Å². The molecule has 2 aliphatic rings. The first-order valence-electron chi connectivity index (χ1n) is 6.31. The minimum atomic E-state index is 0.578. The van der Waals surface area contributed by atoms with E-state index in [4.69, 9.17) is 11.6 Å². The fourth-order valence-electron chi connectivity index (χ4n) is 2.89. The molecule has 1 aromatic carbocycles. The second kappa shape index (κ2) is 4.39. The highest BCUT2D eigenvalue weighted by atomic mass is 35.5. The summed E-state index contributed by atoms with van der Waals surface area (Å²) in [4.78, 5) is 4.95. The molecule has 1 N–H and O–H groups in total. The number of anilines is 2. The second-order valence-corrected chi connectivity index (χ2v) is 5.16. The molecule has 0 spiro atoms. The molecule has 0 saturated carbocycles. The summed E-state index contributed by atoms with van der Waals surface area (Å²) < 4.78 is 0. The fraction of sp³-hybridized carbons (Fsp3) is 0.538. The van der Waals surface area contributed by atoms with Crippen LogP contribution in [-0.4, -0.2) is 38.8 Å². The lowest BCUT2D eigenvalue weighted by Gasteiger charge is -2.47. The van der Waals surface area contributed by atoms with Crippen molar-refractivity contribution in [3.63, 3.8) is 0 Å². The van der Waals surface area contributed by atoms with Crippen molar-refractivity contribution in [3.05, 3.63) is 23.2 Å². The molecule has 0 radical (unpaired) electrons. The smallest absolute Gasteiger partial charge is 0.0623 e. The van der Waals surface area contributed by atoms with Gasteiger partial charge < -0.3 is 15.1 Å². The quantitative estimate of drug-likeness (QED) is 0.823. The van der Waals surface area contributed by atoms with Gasteiger partial charge in [0.15, 0.2) is 0 Å². The molecule has 17 heavy (non-hydrogen) atoms. The first-order valence-corrected chi connectivity index (χ1v) is 6.69. The maximum Gasteiger partial charge on any atom is 0.0623 e. The highest BCUT2D eigenvalue weighted by Crippen LogP contribution is 2.37. The van der Waals surface area contributed by atoms with Gasteiger partial charge in [-0.05, 0) is 25.1 Å². The van der Waals surface area contributed by atoms with Crippen LogP contribution in [0.3, 0.4) is 0 Å². The van der Waals surface area contributed by atoms with Gasteiger partial charge in [0.1, 0.15) is 0 Å². The summed E-state index contributed by atoms with van der Waals surface area (Å²) in [5.74, 6) is 0. The van der Waals surface area contributed by atoms with E-state index < -0.39 is 0 Å². The van der Waals surface area contributed by atoms with E-state index in [1.807, 2.05) is 6.07 Å². The largest absolute Gasteiger partial charge is 0.368 e. The Morgan fingerprint density at radius 2 is 2.29 bits per heavy atom. The van der Waals surface area contributed by atoms with Crippen LogP contribution in [0.5, 0.6) is 0 Å². The molecule has 2 heterocycles. The molecule has 3 nitrogen and oxygen atoms in total. The van der Waals surface area contributed by atoms with Crippen LogP contribution in [0, 0.1) is 0 Å². The highest BCUT2D eigenvalue weighted by Gasteiger charge is 2.31. The molecule has 0 aromatic heterocycles. The van der Waals surface area contributed by atoms with E-state index in [2.05, 4.69) is 34.2 Å². The van der Waals surface area contributed by atoms with Crippen molar-refractivity contribution in [1.29, 1.82) is 0 Å². The van der Waals surface area contributed by atoms with Gasteiger partial charge in [-0.25, -0.2) is 0 Å². The minimum Gasteiger partial charge on any atom is -0.368 e. The summed E-state index contributed by atoms with van der Waals surface area (Å²) >= 11 is 6.14. The van der Waals surface area contributed by atoms with Crippen molar-refractivity contribution in [2.75, 3.05) is 42.5 Å². The number of likely N-dealkylation sites (N-methyl/N-ethyl adjacent to an activating group) is 1. The zero-order chi connectivity index (χ0) is 11.8. The summed E-state index contributed by atoms with van der Waals surface area (Å²) in [6.07, 6.45) is 0. The molecule has 92 valence electrons. The van der Waals surface area contributed by atoms with Crippen LogP contribution in [0.2, 0.25) is 5.02 Å². The molecule has 1 fully saturated rings. The van der Waals surface area contributed by atoms with Crippen molar-refractivity contribution in [1.82, 2.24) is 5.32 Å². The predicted molar refractivity (Wildman–Crippen MR) is 73.3 cm³/mol. The highest BCUT2D eigenvalue weighted by molar-refractivity contribution is 6.31. The molecule has 1 atom stereocenters. The van der Waals surface area contributed by atoms with Crippen molar-refractivity contribution in [2.45, 2.75) is 13.0 Å². The van der Waals surface area contributed by atoms with Gasteiger partial charge in [0.25, 0.3) is 0 Å². The molecule has 4 heteroatoms. The van der Waals surface area contributed by atoms with Gasteiger partial charge >= 0.3 is 0 Å². The zero-order valence-electron chi connectivity index (χ0n) is 10.1. The third-order valence-corrected chi connectivity index (χ3v) is 3.99. The molecule has 0 amide bonds. The van der Waals surface area contributed by atoms with Gasteiger partial charge in [0.05, 0.1) is 17.4 Å². The molecule has 1 aromatic rings. The molecule has 0 aliphatic carbocycles. The number of rotatable bonds is 1. The van der Waals surface area contributed by atoms with Gasteiger partial charge in [-0.1, -0.05) is 11.6 Å². The number of benzene rings is 1. The SMILES string of the molecule is CCN1CC2CNCCN2c2cc(Cl)ccc21. The summed E-state index contributed by atoms with van der Waals surface area (Å²) in [5, 5.41) is 4.31. The lowest BCUT2D eigenvalue weighted by Crippen LogP contribution is -2.58. The monoisotopic (exact) mass is 251 g/mol. The van der Waals surface area contributed by atoms with Gasteiger partial charge in [-0.3, -0.25) is 0 Å². The Morgan fingerprint density at radius 3 is 3.12 bits per heavy atom. The third-order valence-electron chi connectivity index (χ3n) is 3.75. The molecule has 2 aliphatic heterocycles. The Kier molecular flexibility index (Phi) is 2.89. The molecule has 3 rings (SSSR count). The Hall–Kier alpha value is -0.930. The number of hydrogen-bond donors (Lipinski definition) is 1. The molecule has 1 saturated heterocycles. The average molecular weight is 252 g/mol. The van der Waals surface area contributed by atoms with E-state index in [0.29, 0.717) is 6.04 Å². The summed E-state index contributed by atoms with van der Waals surface area (Å²) in [6.45, 7) is 7.59. The van der Waals surface area contributed by atoms with E-state index in [9.17, 15) is 0 Å². The number of nitrogens with one attached hydrogen (secondary N) is 1. The number of nitrogens with zero attached hydrogens (tertiary/aromatic N) is 2. The van der Waals surface area contributed by atoms with Crippen LogP contribution in [0.1, 0.15) is 6.92 Å². The summed E-state index contributed by atoms with van der Waals surface area (Å²) in [7, 11) is 0. The van der Waals surface area contributed by atoms with Crippen LogP contribution in [0.25, 0.3) is 0 Å². The number of hydrogen-bond acceptors (Lipinski definition) is 3. The van der Waals surface area contributed by atoms with Crippen molar-refractivity contribution < 1.29 is 0 Å². The van der Waals surface area contributed by atoms with Crippen LogP contribution in [0.4, 0.5) is 11.4 Å². The van der Waals surface area contributed by atoms with Crippen molar-refractivity contribution >= 4 is 23.0 Å². The first kappa shape index (κ1) is 11.2. The number of halogens is 1. The van der Waals surface area contributed by atoms with E-state index >= 15 is 0 Å². The predicted octanol–water partition coefficient (Wildman–Crippen LogP) is 1.96. The molecule has 1 unspecified atom stereocenters. The summed E-state index contributed by atoms with van der Waals surface area (Å²) in [5.41, 5.74) is 2.63. The number of piperazine rings is 1. The van der Waals surface area contributed by atoms with Gasteiger partial charge in [-0.15, -0.1) is 0 Å². The Balaban J connectivity index is 2.04. The fourth-order valence-corrected chi connectivity index (χ4v) is 3.05. The number of fused-ring (bicyclic) bond motifs is 3. The Labute approximate surface area is 107 Å². The lowest BCUT2D eigenvalue weighted by molar-refractivity contribution is 0.461. The Morgan fingerprint density at radius 1 is 1.41 bits per heavy atom. The van der Waals surface area contributed by atoms with E-state index in [-0.39, 0.29) is 0 Å². The van der Waals surface area contributed by atoms with E-state index in [1.165, 1.54) is 11.4 Å². The van der Waals surface area contributed by atoms with Crippen LogP contribution in [0.15, 0.2) is 18.2 Å². The standard InChI is InChI=1S/C13H18ClN3/c1-2-16-9-11-8-15-5-6-17(11)13-7-10(14)3-4-12(13)16/h3-4,7,11,15H,2,5-6,8-9H2,1H3. The minimum absolute atomic E-state index is 0.578. The molecule has 0 bridgehead atoms. The van der Waals surface area contributed by atoms with E-state index in [0.717, 1.165) is 37.7 Å². The normalized spacial score (nSPS) is 23.3. The second-order valence-electron chi connectivity index (χ2n) is 4.72. The first-order chi connectivity index (χ1) is 8.29. The van der Waals surface area contributed by atoms with Gasteiger partial charge in [0.2, 0.25) is 0 Å². The Bertz CT molecular complexity index is 421. The lowest BCUT2D eigenvalue weighted by atomic mass is 10.0.